The fourth-order valence-corrected chi connectivity index (χ4v) is 1.06. The van der Waals surface area contributed by atoms with Crippen molar-refractivity contribution in [2.75, 3.05) is 0 Å². The molecule has 1 heterocycles. The second-order valence-electron chi connectivity index (χ2n) is 2.54. The van der Waals surface area contributed by atoms with Crippen LogP contribution < -0.4 is 0 Å². The minimum atomic E-state index is 0.921. The zero-order valence-electron chi connectivity index (χ0n) is 7.38. The van der Waals surface area contributed by atoms with E-state index in [9.17, 15) is 0 Å². The van der Waals surface area contributed by atoms with Gasteiger partial charge in [-0.15, -0.1) is 0 Å². The third-order valence-electron chi connectivity index (χ3n) is 1.79. The van der Waals surface area contributed by atoms with E-state index in [2.05, 4.69) is 25.1 Å². The average molecular weight is 159 g/mol. The van der Waals surface area contributed by atoms with Crippen LogP contribution in [0.25, 0.3) is 12.2 Å². The third kappa shape index (κ3) is 1.62. The molecule has 1 nitrogen and oxygen atoms in total. The molecule has 0 radical (unpaired) electrons. The van der Waals surface area contributed by atoms with Gasteiger partial charge in [0.25, 0.3) is 0 Å². The van der Waals surface area contributed by atoms with Gasteiger partial charge in [0.2, 0.25) is 0 Å². The zero-order valence-corrected chi connectivity index (χ0v) is 7.38. The standard InChI is InChI=1S/C11H13N/c1-4-9-7-8-10(5-2)12-11(9)6-3/h4,6-8H,1,3,5H2,2H3. The Balaban J connectivity index is 3.18. The quantitative estimate of drug-likeness (QED) is 0.660. The molecule has 12 heavy (non-hydrogen) atoms. The molecule has 0 N–H and O–H groups in total. The molecule has 0 atom stereocenters. The number of aromatic nitrogens is 1. The molecular formula is C11H13N. The van der Waals surface area contributed by atoms with Gasteiger partial charge in [-0.25, -0.2) is 0 Å². The Hall–Kier alpha value is -1.37. The summed E-state index contributed by atoms with van der Waals surface area (Å²) < 4.78 is 0. The highest BCUT2D eigenvalue weighted by atomic mass is 14.7. The average Bonchev–Trinajstić information content (AvgIpc) is 2.16. The van der Waals surface area contributed by atoms with E-state index in [1.54, 1.807) is 12.2 Å². The number of nitrogens with zero attached hydrogens (tertiary/aromatic N) is 1. The molecule has 0 saturated heterocycles. The lowest BCUT2D eigenvalue weighted by molar-refractivity contribution is 1.03. The predicted molar refractivity (Wildman–Crippen MR) is 53.8 cm³/mol. The highest BCUT2D eigenvalue weighted by Gasteiger charge is 1.97. The number of rotatable bonds is 3. The fourth-order valence-electron chi connectivity index (χ4n) is 1.06. The second kappa shape index (κ2) is 3.86. The summed E-state index contributed by atoms with van der Waals surface area (Å²) in [7, 11) is 0. The molecule has 0 aliphatic rings. The summed E-state index contributed by atoms with van der Waals surface area (Å²) in [5, 5.41) is 0. The van der Waals surface area contributed by atoms with Crippen molar-refractivity contribution in [3.8, 4) is 0 Å². The van der Waals surface area contributed by atoms with Crippen molar-refractivity contribution < 1.29 is 0 Å². The molecule has 1 aromatic heterocycles. The summed E-state index contributed by atoms with van der Waals surface area (Å²) in [5.41, 5.74) is 3.06. The molecule has 0 spiro atoms. The molecule has 0 unspecified atom stereocenters. The van der Waals surface area contributed by atoms with Gasteiger partial charge >= 0.3 is 0 Å². The van der Waals surface area contributed by atoms with Crippen LogP contribution in [0.15, 0.2) is 25.3 Å². The minimum Gasteiger partial charge on any atom is -0.253 e. The van der Waals surface area contributed by atoms with Crippen LogP contribution in [0.5, 0.6) is 0 Å². The summed E-state index contributed by atoms with van der Waals surface area (Å²) in [6.45, 7) is 9.50. The van der Waals surface area contributed by atoms with Crippen molar-refractivity contribution in [2.24, 2.45) is 0 Å². The van der Waals surface area contributed by atoms with Crippen molar-refractivity contribution in [1.29, 1.82) is 0 Å². The van der Waals surface area contributed by atoms with Crippen LogP contribution in [0.3, 0.4) is 0 Å². The van der Waals surface area contributed by atoms with Gasteiger partial charge in [0, 0.05) is 5.69 Å². The van der Waals surface area contributed by atoms with Gasteiger partial charge in [-0.3, -0.25) is 4.98 Å². The van der Waals surface area contributed by atoms with Crippen LogP contribution in [0, 0.1) is 0 Å². The number of pyridine rings is 1. The maximum absolute atomic E-state index is 4.39. The van der Waals surface area contributed by atoms with Crippen molar-refractivity contribution >= 4 is 12.2 Å². The molecule has 1 heteroatoms. The maximum atomic E-state index is 4.39. The minimum absolute atomic E-state index is 0.921. The highest BCUT2D eigenvalue weighted by Crippen LogP contribution is 2.10. The lowest BCUT2D eigenvalue weighted by atomic mass is 10.1. The molecule has 1 rings (SSSR count). The lowest BCUT2D eigenvalue weighted by Crippen LogP contribution is -1.91. The van der Waals surface area contributed by atoms with E-state index in [0.717, 1.165) is 23.4 Å². The smallest absolute Gasteiger partial charge is 0.0699 e. The Morgan fingerprint density at radius 2 is 2.08 bits per heavy atom. The SMILES string of the molecule is C=Cc1ccc(CC)nc1C=C. The van der Waals surface area contributed by atoms with Crippen LogP contribution >= 0.6 is 0 Å². The summed E-state index contributed by atoms with van der Waals surface area (Å²) in [6.07, 6.45) is 4.51. The lowest BCUT2D eigenvalue weighted by Gasteiger charge is -2.01. The van der Waals surface area contributed by atoms with Gasteiger partial charge in [0.1, 0.15) is 0 Å². The first-order valence-corrected chi connectivity index (χ1v) is 4.06. The maximum Gasteiger partial charge on any atom is 0.0699 e. The van der Waals surface area contributed by atoms with Gasteiger partial charge in [0.15, 0.2) is 0 Å². The van der Waals surface area contributed by atoms with E-state index in [-0.39, 0.29) is 0 Å². The van der Waals surface area contributed by atoms with E-state index >= 15 is 0 Å². The monoisotopic (exact) mass is 159 g/mol. The fraction of sp³-hybridized carbons (Fsp3) is 0.182. The van der Waals surface area contributed by atoms with E-state index in [0.29, 0.717) is 0 Å². The van der Waals surface area contributed by atoms with Crippen molar-refractivity contribution in [2.45, 2.75) is 13.3 Å². The number of aryl methyl sites for hydroxylation is 1. The number of hydrogen-bond donors (Lipinski definition) is 0. The normalized spacial score (nSPS) is 9.42. The van der Waals surface area contributed by atoms with Crippen LogP contribution in [0.4, 0.5) is 0 Å². The third-order valence-corrected chi connectivity index (χ3v) is 1.79. The number of hydrogen-bond acceptors (Lipinski definition) is 1. The zero-order chi connectivity index (χ0) is 8.97. The highest BCUT2D eigenvalue weighted by molar-refractivity contribution is 5.60. The molecule has 62 valence electrons. The summed E-state index contributed by atoms with van der Waals surface area (Å²) in [6, 6.07) is 4.04. The molecule has 0 bridgehead atoms. The van der Waals surface area contributed by atoms with E-state index in [1.165, 1.54) is 0 Å². The van der Waals surface area contributed by atoms with E-state index in [4.69, 9.17) is 0 Å². The molecule has 0 fully saturated rings. The molecule has 0 saturated carbocycles. The van der Waals surface area contributed by atoms with Gasteiger partial charge in [0.05, 0.1) is 5.69 Å². The first-order chi connectivity index (χ1) is 5.81. The summed E-state index contributed by atoms with van der Waals surface area (Å²) >= 11 is 0. The van der Waals surface area contributed by atoms with E-state index in [1.807, 2.05) is 12.1 Å². The second-order valence-corrected chi connectivity index (χ2v) is 2.54. The first kappa shape index (κ1) is 8.72. The Labute approximate surface area is 73.5 Å². The van der Waals surface area contributed by atoms with Crippen LogP contribution in [0.2, 0.25) is 0 Å². The van der Waals surface area contributed by atoms with Gasteiger partial charge in [-0.2, -0.15) is 0 Å². The van der Waals surface area contributed by atoms with Crippen LogP contribution in [-0.2, 0) is 6.42 Å². The van der Waals surface area contributed by atoms with Crippen molar-refractivity contribution in [3.05, 3.63) is 42.2 Å². The Morgan fingerprint density at radius 1 is 1.33 bits per heavy atom. The largest absolute Gasteiger partial charge is 0.253 e. The van der Waals surface area contributed by atoms with Crippen LogP contribution in [0.1, 0.15) is 23.9 Å². The Morgan fingerprint density at radius 3 is 2.58 bits per heavy atom. The van der Waals surface area contributed by atoms with Crippen LogP contribution in [-0.4, -0.2) is 4.98 Å². The molecular weight excluding hydrogens is 146 g/mol. The first-order valence-electron chi connectivity index (χ1n) is 4.06. The Bertz CT molecular complexity index is 300. The van der Waals surface area contributed by atoms with Gasteiger partial charge < -0.3 is 0 Å². The van der Waals surface area contributed by atoms with Crippen molar-refractivity contribution in [3.63, 3.8) is 0 Å². The summed E-state index contributed by atoms with van der Waals surface area (Å²) in [5.74, 6) is 0. The molecule has 0 amide bonds. The predicted octanol–water partition coefficient (Wildman–Crippen LogP) is 2.93. The summed E-state index contributed by atoms with van der Waals surface area (Å²) in [4.78, 5) is 4.39. The molecule has 0 aliphatic heterocycles. The van der Waals surface area contributed by atoms with Gasteiger partial charge in [-0.1, -0.05) is 32.2 Å². The molecule has 0 aromatic carbocycles. The van der Waals surface area contributed by atoms with E-state index < -0.39 is 0 Å². The van der Waals surface area contributed by atoms with Gasteiger partial charge in [-0.05, 0) is 24.1 Å². The topological polar surface area (TPSA) is 12.9 Å². The van der Waals surface area contributed by atoms with Crippen molar-refractivity contribution in [1.82, 2.24) is 4.98 Å². The molecule has 0 aliphatic carbocycles. The Kier molecular flexibility index (Phi) is 2.81. The molecule has 1 aromatic rings.